The summed E-state index contributed by atoms with van der Waals surface area (Å²) in [7, 11) is 0. The topological polar surface area (TPSA) is 57.6 Å². The largest absolute Gasteiger partial charge is 0.480 e. The van der Waals surface area contributed by atoms with Crippen LogP contribution in [0.15, 0.2) is 54.6 Å². The maximum atomic E-state index is 12.8. The molecule has 1 unspecified atom stereocenters. The molecule has 0 saturated carbocycles. The Kier molecular flexibility index (Phi) is 3.92. The summed E-state index contributed by atoms with van der Waals surface area (Å²) in [5.41, 5.74) is 2.35. The molecule has 0 radical (unpaired) electrons. The summed E-state index contributed by atoms with van der Waals surface area (Å²) in [6.07, 6.45) is 1.25. The van der Waals surface area contributed by atoms with Gasteiger partial charge in [-0.2, -0.15) is 0 Å². The molecule has 1 aliphatic heterocycles. The molecule has 1 fully saturated rings. The van der Waals surface area contributed by atoms with Crippen molar-refractivity contribution in [3.63, 3.8) is 0 Å². The highest BCUT2D eigenvalue weighted by molar-refractivity contribution is 6.02. The quantitative estimate of drug-likeness (QED) is 0.947. The van der Waals surface area contributed by atoms with E-state index in [0.29, 0.717) is 18.5 Å². The van der Waals surface area contributed by atoms with Crippen LogP contribution in [0.4, 0.5) is 0 Å². The van der Waals surface area contributed by atoms with Crippen LogP contribution in [0.2, 0.25) is 0 Å². The molecule has 1 N–H and O–H groups in total. The summed E-state index contributed by atoms with van der Waals surface area (Å²) in [6, 6.07) is 16.3. The molecule has 1 amide bonds. The van der Waals surface area contributed by atoms with Crippen molar-refractivity contribution in [3.8, 4) is 11.1 Å². The van der Waals surface area contributed by atoms with Crippen molar-refractivity contribution in [1.29, 1.82) is 0 Å². The Morgan fingerprint density at radius 3 is 2.41 bits per heavy atom. The minimum absolute atomic E-state index is 0.204. The molecule has 4 nitrogen and oxygen atoms in total. The van der Waals surface area contributed by atoms with Crippen LogP contribution in [0.5, 0.6) is 0 Å². The van der Waals surface area contributed by atoms with Gasteiger partial charge in [0.15, 0.2) is 0 Å². The van der Waals surface area contributed by atoms with Crippen molar-refractivity contribution in [3.05, 3.63) is 60.2 Å². The fourth-order valence-corrected chi connectivity index (χ4v) is 2.96. The molecule has 0 aliphatic carbocycles. The molecule has 0 spiro atoms. The Labute approximate surface area is 129 Å². The number of amides is 1. The number of rotatable bonds is 3. The van der Waals surface area contributed by atoms with Gasteiger partial charge in [-0.1, -0.05) is 48.5 Å². The molecule has 3 rings (SSSR count). The van der Waals surface area contributed by atoms with Crippen molar-refractivity contribution < 1.29 is 14.7 Å². The maximum Gasteiger partial charge on any atom is 0.326 e. The first-order chi connectivity index (χ1) is 10.7. The number of carbonyl (C=O) groups excluding carboxylic acids is 1. The summed E-state index contributed by atoms with van der Waals surface area (Å²) in [4.78, 5) is 25.6. The molecular formula is C18H17NO3. The minimum atomic E-state index is -0.928. The fourth-order valence-electron chi connectivity index (χ4n) is 2.96. The Balaban J connectivity index is 1.99. The molecule has 2 aromatic carbocycles. The highest BCUT2D eigenvalue weighted by Crippen LogP contribution is 2.27. The van der Waals surface area contributed by atoms with E-state index < -0.39 is 12.0 Å². The first kappa shape index (κ1) is 14.3. The van der Waals surface area contributed by atoms with E-state index in [4.69, 9.17) is 0 Å². The lowest BCUT2D eigenvalue weighted by molar-refractivity contribution is -0.141. The van der Waals surface area contributed by atoms with E-state index >= 15 is 0 Å². The minimum Gasteiger partial charge on any atom is -0.480 e. The summed E-state index contributed by atoms with van der Waals surface area (Å²) < 4.78 is 0. The molecule has 1 atom stereocenters. The lowest BCUT2D eigenvalue weighted by atomic mass is 9.98. The van der Waals surface area contributed by atoms with Gasteiger partial charge < -0.3 is 10.0 Å². The van der Waals surface area contributed by atoms with E-state index in [0.717, 1.165) is 17.5 Å². The number of hydrogen-bond acceptors (Lipinski definition) is 2. The van der Waals surface area contributed by atoms with E-state index in [-0.39, 0.29) is 5.91 Å². The molecule has 1 aliphatic rings. The van der Waals surface area contributed by atoms with Gasteiger partial charge in [0, 0.05) is 12.1 Å². The highest BCUT2D eigenvalue weighted by Gasteiger charge is 2.35. The molecule has 22 heavy (non-hydrogen) atoms. The number of likely N-dealkylation sites (tertiary alicyclic amines) is 1. The second-order valence-corrected chi connectivity index (χ2v) is 5.41. The zero-order chi connectivity index (χ0) is 15.5. The Hall–Kier alpha value is -2.62. The van der Waals surface area contributed by atoms with Gasteiger partial charge in [0.1, 0.15) is 6.04 Å². The van der Waals surface area contributed by atoms with Gasteiger partial charge in [0.25, 0.3) is 5.91 Å². The van der Waals surface area contributed by atoms with Gasteiger partial charge in [0.05, 0.1) is 0 Å². The smallest absolute Gasteiger partial charge is 0.326 e. The number of nitrogens with zero attached hydrogens (tertiary/aromatic N) is 1. The lowest BCUT2D eigenvalue weighted by Gasteiger charge is -2.22. The summed E-state index contributed by atoms with van der Waals surface area (Å²) in [5, 5.41) is 9.27. The maximum absolute atomic E-state index is 12.8. The number of aliphatic carboxylic acids is 1. The van der Waals surface area contributed by atoms with Crippen LogP contribution in [0.1, 0.15) is 23.2 Å². The summed E-state index contributed by atoms with van der Waals surface area (Å²) >= 11 is 0. The monoisotopic (exact) mass is 295 g/mol. The van der Waals surface area contributed by atoms with Crippen molar-refractivity contribution in [2.75, 3.05) is 6.54 Å². The third-order valence-corrected chi connectivity index (χ3v) is 4.04. The van der Waals surface area contributed by atoms with Crippen LogP contribution in [0.3, 0.4) is 0 Å². The van der Waals surface area contributed by atoms with Gasteiger partial charge in [-0.05, 0) is 30.0 Å². The molecule has 112 valence electrons. The second kappa shape index (κ2) is 6.02. The van der Waals surface area contributed by atoms with Crippen molar-refractivity contribution >= 4 is 11.9 Å². The number of carboxylic acid groups (broad SMARTS) is 1. The molecule has 1 saturated heterocycles. The zero-order valence-corrected chi connectivity index (χ0v) is 12.1. The number of carbonyl (C=O) groups is 2. The number of hydrogen-bond donors (Lipinski definition) is 1. The summed E-state index contributed by atoms with van der Waals surface area (Å²) in [6.45, 7) is 0.499. The fraction of sp³-hybridized carbons (Fsp3) is 0.222. The third kappa shape index (κ3) is 2.60. The average Bonchev–Trinajstić information content (AvgIpc) is 3.05. The molecular weight excluding hydrogens is 278 g/mol. The van der Waals surface area contributed by atoms with Crippen molar-refractivity contribution in [2.24, 2.45) is 0 Å². The summed E-state index contributed by atoms with van der Waals surface area (Å²) in [5.74, 6) is -1.13. The highest BCUT2D eigenvalue weighted by atomic mass is 16.4. The number of carboxylic acids is 1. The predicted octanol–water partition coefficient (Wildman–Crippen LogP) is 3.04. The van der Waals surface area contributed by atoms with Crippen LogP contribution in [-0.2, 0) is 4.79 Å². The van der Waals surface area contributed by atoms with E-state index in [1.54, 1.807) is 6.07 Å². The molecule has 1 heterocycles. The standard InChI is InChI=1S/C18H17NO3/c20-17(19-12-6-11-16(19)18(21)22)15-10-5-4-9-14(15)13-7-2-1-3-8-13/h1-5,7-10,16H,6,11-12H2,(H,21,22). The van der Waals surface area contributed by atoms with Gasteiger partial charge >= 0.3 is 5.97 Å². The van der Waals surface area contributed by atoms with Crippen molar-refractivity contribution in [2.45, 2.75) is 18.9 Å². The van der Waals surface area contributed by atoms with Gasteiger partial charge in [-0.15, -0.1) is 0 Å². The zero-order valence-electron chi connectivity index (χ0n) is 12.1. The van der Waals surface area contributed by atoms with E-state index in [2.05, 4.69) is 0 Å². The van der Waals surface area contributed by atoms with Crippen LogP contribution in [0, 0.1) is 0 Å². The van der Waals surface area contributed by atoms with Gasteiger partial charge in [0.2, 0.25) is 0 Å². The van der Waals surface area contributed by atoms with E-state index in [9.17, 15) is 14.7 Å². The van der Waals surface area contributed by atoms with Crippen LogP contribution >= 0.6 is 0 Å². The van der Waals surface area contributed by atoms with Crippen LogP contribution < -0.4 is 0 Å². The van der Waals surface area contributed by atoms with Gasteiger partial charge in [-0.3, -0.25) is 4.79 Å². The molecule has 2 aromatic rings. The normalized spacial score (nSPS) is 17.5. The molecule has 0 aromatic heterocycles. The van der Waals surface area contributed by atoms with E-state index in [1.807, 2.05) is 48.5 Å². The Morgan fingerprint density at radius 1 is 1.00 bits per heavy atom. The van der Waals surface area contributed by atoms with Gasteiger partial charge in [-0.25, -0.2) is 4.79 Å². The first-order valence-electron chi connectivity index (χ1n) is 7.36. The van der Waals surface area contributed by atoms with Crippen molar-refractivity contribution in [1.82, 2.24) is 4.90 Å². The van der Waals surface area contributed by atoms with Crippen LogP contribution in [-0.4, -0.2) is 34.5 Å². The Morgan fingerprint density at radius 2 is 1.68 bits per heavy atom. The first-order valence-corrected chi connectivity index (χ1v) is 7.36. The number of benzene rings is 2. The Bertz CT molecular complexity index is 696. The third-order valence-electron chi connectivity index (χ3n) is 4.04. The predicted molar refractivity (Wildman–Crippen MR) is 83.6 cm³/mol. The molecule has 0 bridgehead atoms. The van der Waals surface area contributed by atoms with Crippen LogP contribution in [0.25, 0.3) is 11.1 Å². The lowest BCUT2D eigenvalue weighted by Crippen LogP contribution is -2.40. The second-order valence-electron chi connectivity index (χ2n) is 5.41. The SMILES string of the molecule is O=C(O)C1CCCN1C(=O)c1ccccc1-c1ccccc1. The van der Waals surface area contributed by atoms with E-state index in [1.165, 1.54) is 4.90 Å². The molecule has 4 heteroatoms. The average molecular weight is 295 g/mol.